The van der Waals surface area contributed by atoms with Gasteiger partial charge in [-0.2, -0.15) is 0 Å². The van der Waals surface area contributed by atoms with Crippen molar-refractivity contribution >= 4 is 28.2 Å². The molecule has 0 atom stereocenters. The molecule has 2 aromatic rings. The average Bonchev–Trinajstić information content (AvgIpc) is 2.19. The van der Waals surface area contributed by atoms with Gasteiger partial charge in [-0.05, 0) is 0 Å². The number of hydrogen-bond acceptors (Lipinski definition) is 5. The van der Waals surface area contributed by atoms with Crippen LogP contribution in [0.1, 0.15) is 0 Å². The molecule has 0 bridgehead atoms. The molecule has 16 heavy (non-hydrogen) atoms. The van der Waals surface area contributed by atoms with Gasteiger partial charge in [-0.15, -0.1) is 0 Å². The predicted octanol–water partition coefficient (Wildman–Crippen LogP) is 1.04. The van der Waals surface area contributed by atoms with E-state index in [0.29, 0.717) is 0 Å². The Morgan fingerprint density at radius 1 is 1.38 bits per heavy atom. The standard InChI is InChI=1S/C8H3ClN2O5/c9-5-2-3(11(14)15)1-4-6(5)10-8(13)16-7(4)12/h1-2H,(H,10,13). The summed E-state index contributed by atoms with van der Waals surface area (Å²) in [5.74, 6) is -0.965. The molecule has 7 nitrogen and oxygen atoms in total. The van der Waals surface area contributed by atoms with Gasteiger partial charge in [0.2, 0.25) is 0 Å². The zero-order valence-corrected chi connectivity index (χ0v) is 8.28. The van der Waals surface area contributed by atoms with Gasteiger partial charge in [-0.3, -0.25) is 15.1 Å². The quantitative estimate of drug-likeness (QED) is 0.594. The van der Waals surface area contributed by atoms with Crippen LogP contribution < -0.4 is 11.4 Å². The van der Waals surface area contributed by atoms with Gasteiger partial charge in [-0.25, -0.2) is 9.59 Å². The van der Waals surface area contributed by atoms with E-state index in [1.807, 2.05) is 0 Å². The van der Waals surface area contributed by atoms with Crippen LogP contribution in [0, 0.1) is 10.1 Å². The number of H-pyrrole nitrogens is 1. The summed E-state index contributed by atoms with van der Waals surface area (Å²) in [5, 5.41) is 10.3. The lowest BCUT2D eigenvalue weighted by Crippen LogP contribution is -2.14. The molecule has 0 saturated carbocycles. The molecule has 0 amide bonds. The zero-order chi connectivity index (χ0) is 11.9. The maximum Gasteiger partial charge on any atom is 0.419 e. The fourth-order valence-corrected chi connectivity index (χ4v) is 1.51. The number of halogens is 1. The summed E-state index contributed by atoms with van der Waals surface area (Å²) in [6.45, 7) is 0. The summed E-state index contributed by atoms with van der Waals surface area (Å²) < 4.78 is 4.23. The smallest absolute Gasteiger partial charge is 0.372 e. The first-order valence-corrected chi connectivity index (χ1v) is 4.38. The van der Waals surface area contributed by atoms with Crippen molar-refractivity contribution in [3.8, 4) is 0 Å². The third-order valence-electron chi connectivity index (χ3n) is 1.92. The van der Waals surface area contributed by atoms with Gasteiger partial charge in [0.1, 0.15) is 0 Å². The molecule has 0 fully saturated rings. The van der Waals surface area contributed by atoms with E-state index in [-0.39, 0.29) is 21.6 Å². The van der Waals surface area contributed by atoms with Crippen LogP contribution in [0.5, 0.6) is 0 Å². The van der Waals surface area contributed by atoms with Crippen LogP contribution in [-0.4, -0.2) is 9.91 Å². The third kappa shape index (κ3) is 1.57. The van der Waals surface area contributed by atoms with Crippen molar-refractivity contribution in [3.63, 3.8) is 0 Å². The van der Waals surface area contributed by atoms with Crippen LogP contribution in [0.15, 0.2) is 26.1 Å². The second kappa shape index (κ2) is 3.46. The number of fused-ring (bicyclic) bond motifs is 1. The number of nitrogens with one attached hydrogen (secondary N) is 1. The maximum atomic E-state index is 11.3. The van der Waals surface area contributed by atoms with Crippen molar-refractivity contribution < 1.29 is 9.34 Å². The first kappa shape index (κ1) is 10.4. The van der Waals surface area contributed by atoms with Gasteiger partial charge in [0, 0.05) is 12.1 Å². The second-order valence-corrected chi connectivity index (χ2v) is 3.32. The molecule has 82 valence electrons. The van der Waals surface area contributed by atoms with Crippen LogP contribution in [0.3, 0.4) is 0 Å². The molecular formula is C8H3ClN2O5. The third-order valence-corrected chi connectivity index (χ3v) is 2.22. The van der Waals surface area contributed by atoms with E-state index < -0.39 is 16.3 Å². The van der Waals surface area contributed by atoms with Crippen LogP contribution in [0.4, 0.5) is 5.69 Å². The predicted molar refractivity (Wildman–Crippen MR) is 54.8 cm³/mol. The number of nitrogens with zero attached hydrogens (tertiary/aromatic N) is 1. The minimum absolute atomic E-state index is 0.0218. The van der Waals surface area contributed by atoms with E-state index >= 15 is 0 Å². The molecule has 2 rings (SSSR count). The van der Waals surface area contributed by atoms with Gasteiger partial charge in [0.05, 0.1) is 20.8 Å². The van der Waals surface area contributed by atoms with Crippen molar-refractivity contribution in [3.05, 3.63) is 48.2 Å². The monoisotopic (exact) mass is 242 g/mol. The Bertz CT molecular complexity index is 702. The number of benzene rings is 1. The summed E-state index contributed by atoms with van der Waals surface area (Å²) in [6, 6.07) is 2.03. The highest BCUT2D eigenvalue weighted by Crippen LogP contribution is 2.24. The van der Waals surface area contributed by atoms with Gasteiger partial charge in [-0.1, -0.05) is 11.6 Å². The Morgan fingerprint density at radius 2 is 2.06 bits per heavy atom. The summed E-state index contributed by atoms with van der Waals surface area (Å²) in [6.07, 6.45) is 0. The van der Waals surface area contributed by atoms with E-state index in [1.54, 1.807) is 0 Å². The van der Waals surface area contributed by atoms with Crippen LogP contribution in [-0.2, 0) is 0 Å². The maximum absolute atomic E-state index is 11.3. The number of aromatic nitrogens is 1. The molecule has 0 unspecified atom stereocenters. The fourth-order valence-electron chi connectivity index (χ4n) is 1.25. The molecule has 1 N–H and O–H groups in total. The normalized spacial score (nSPS) is 10.6. The molecule has 0 aliphatic rings. The minimum atomic E-state index is -0.968. The highest BCUT2D eigenvalue weighted by Gasteiger charge is 2.14. The lowest BCUT2D eigenvalue weighted by Gasteiger charge is -1.98. The highest BCUT2D eigenvalue weighted by molar-refractivity contribution is 6.35. The molecule has 0 radical (unpaired) electrons. The lowest BCUT2D eigenvalue weighted by atomic mass is 10.2. The number of nitro benzene ring substituents is 1. The molecule has 1 aromatic heterocycles. The van der Waals surface area contributed by atoms with E-state index in [0.717, 1.165) is 12.1 Å². The number of nitro groups is 1. The van der Waals surface area contributed by atoms with Crippen molar-refractivity contribution in [2.45, 2.75) is 0 Å². The van der Waals surface area contributed by atoms with Gasteiger partial charge < -0.3 is 4.42 Å². The first-order valence-electron chi connectivity index (χ1n) is 4.00. The van der Waals surface area contributed by atoms with Gasteiger partial charge >= 0.3 is 11.4 Å². The number of non-ortho nitro benzene ring substituents is 1. The SMILES string of the molecule is O=c1[nH]c2c(Cl)cc([N+](=O)[O-])cc2c(=O)o1. The van der Waals surface area contributed by atoms with Crippen LogP contribution >= 0.6 is 11.6 Å². The Balaban J connectivity index is 2.98. The largest absolute Gasteiger partial charge is 0.419 e. The second-order valence-electron chi connectivity index (χ2n) is 2.91. The molecule has 8 heteroatoms. The number of rotatable bonds is 1. The Kier molecular flexibility index (Phi) is 2.24. The fraction of sp³-hybridized carbons (Fsp3) is 0. The molecule has 0 aliphatic carbocycles. The molecule has 0 spiro atoms. The number of hydrogen-bond donors (Lipinski definition) is 1. The lowest BCUT2D eigenvalue weighted by molar-refractivity contribution is -0.384. The van der Waals surface area contributed by atoms with Gasteiger partial charge in [0.15, 0.2) is 0 Å². The summed E-state index contributed by atoms with van der Waals surface area (Å²) in [7, 11) is 0. The summed E-state index contributed by atoms with van der Waals surface area (Å²) >= 11 is 5.70. The van der Waals surface area contributed by atoms with E-state index in [9.17, 15) is 19.7 Å². The average molecular weight is 243 g/mol. The van der Waals surface area contributed by atoms with Crippen LogP contribution in [0.2, 0.25) is 5.02 Å². The number of aromatic amines is 1. The first-order chi connectivity index (χ1) is 7.49. The van der Waals surface area contributed by atoms with Crippen molar-refractivity contribution in [2.24, 2.45) is 0 Å². The van der Waals surface area contributed by atoms with E-state index in [2.05, 4.69) is 9.40 Å². The zero-order valence-electron chi connectivity index (χ0n) is 7.52. The van der Waals surface area contributed by atoms with Crippen LogP contribution in [0.25, 0.3) is 10.9 Å². The van der Waals surface area contributed by atoms with Crippen molar-refractivity contribution in [1.82, 2.24) is 4.98 Å². The summed E-state index contributed by atoms with van der Waals surface area (Å²) in [4.78, 5) is 34.1. The van der Waals surface area contributed by atoms with Gasteiger partial charge in [0.25, 0.3) is 5.69 Å². The topological polar surface area (TPSA) is 106 Å². The summed E-state index contributed by atoms with van der Waals surface area (Å²) in [5.41, 5.74) is -1.30. The molecular weight excluding hydrogens is 240 g/mol. The van der Waals surface area contributed by atoms with E-state index in [1.165, 1.54) is 0 Å². The Hall–Kier alpha value is -2.15. The molecule has 1 heterocycles. The Morgan fingerprint density at radius 3 is 2.69 bits per heavy atom. The van der Waals surface area contributed by atoms with Crippen molar-refractivity contribution in [2.75, 3.05) is 0 Å². The van der Waals surface area contributed by atoms with E-state index in [4.69, 9.17) is 11.6 Å². The Labute approximate surface area is 91.4 Å². The minimum Gasteiger partial charge on any atom is -0.372 e. The molecule has 1 aromatic carbocycles. The highest BCUT2D eigenvalue weighted by atomic mass is 35.5. The molecule has 0 saturated heterocycles. The van der Waals surface area contributed by atoms with Crippen molar-refractivity contribution in [1.29, 1.82) is 0 Å². The molecule has 0 aliphatic heterocycles.